The van der Waals surface area contributed by atoms with Crippen LogP contribution in [0.4, 0.5) is 19.1 Å². The molecule has 0 radical (unpaired) electrons. The second kappa shape index (κ2) is 4.41. The molecular formula is C10H10F3N5O. The maximum atomic E-state index is 12.6. The van der Waals surface area contributed by atoms with Crippen molar-refractivity contribution in [3.63, 3.8) is 0 Å². The normalized spacial score (nSPS) is 11.6. The number of nitrogen functional groups attached to an aromatic ring is 1. The van der Waals surface area contributed by atoms with Gasteiger partial charge in [-0.15, -0.1) is 0 Å². The van der Waals surface area contributed by atoms with E-state index in [9.17, 15) is 13.2 Å². The highest BCUT2D eigenvalue weighted by Gasteiger charge is 2.34. The van der Waals surface area contributed by atoms with E-state index in [0.717, 1.165) is 0 Å². The largest absolute Gasteiger partial charge is 0.433 e. The molecule has 0 saturated heterocycles. The Kier molecular flexibility index (Phi) is 3.05. The molecule has 0 bridgehead atoms. The third-order valence-electron chi connectivity index (χ3n) is 2.18. The van der Waals surface area contributed by atoms with E-state index in [-0.39, 0.29) is 11.8 Å². The molecule has 2 aromatic rings. The fourth-order valence-corrected chi connectivity index (χ4v) is 1.43. The summed E-state index contributed by atoms with van der Waals surface area (Å²) in [5.74, 6) is -0.546. The van der Waals surface area contributed by atoms with Crippen LogP contribution in [0.3, 0.4) is 0 Å². The summed E-state index contributed by atoms with van der Waals surface area (Å²) in [6.45, 7) is 1.72. The lowest BCUT2D eigenvalue weighted by molar-refractivity contribution is -0.141. The molecule has 0 aliphatic carbocycles. The second-order valence-electron chi connectivity index (χ2n) is 3.80. The molecule has 2 rings (SSSR count). The molecule has 0 fully saturated rings. The maximum Gasteiger partial charge on any atom is 0.433 e. The van der Waals surface area contributed by atoms with Crippen LogP contribution in [0.15, 0.2) is 12.1 Å². The first-order chi connectivity index (χ1) is 8.75. The molecule has 0 saturated carbocycles. The van der Waals surface area contributed by atoms with Gasteiger partial charge >= 0.3 is 6.18 Å². The number of hydrogen-bond donors (Lipinski definition) is 1. The van der Waals surface area contributed by atoms with Crippen LogP contribution in [0.25, 0.3) is 0 Å². The number of anilines is 1. The molecule has 2 aromatic heterocycles. The van der Waals surface area contributed by atoms with Crippen LogP contribution in [0.2, 0.25) is 0 Å². The molecule has 102 valence electrons. The van der Waals surface area contributed by atoms with Gasteiger partial charge in [0.1, 0.15) is 0 Å². The maximum absolute atomic E-state index is 12.6. The molecule has 0 spiro atoms. The number of rotatable bonds is 2. The van der Waals surface area contributed by atoms with Crippen LogP contribution in [0, 0.1) is 6.92 Å². The number of aryl methyl sites for hydroxylation is 2. The molecule has 0 unspecified atom stereocenters. The zero-order valence-corrected chi connectivity index (χ0v) is 10.1. The molecule has 0 aliphatic rings. The van der Waals surface area contributed by atoms with Crippen molar-refractivity contribution < 1.29 is 17.9 Å². The Morgan fingerprint density at radius 3 is 2.47 bits per heavy atom. The zero-order chi connectivity index (χ0) is 14.2. The topological polar surface area (TPSA) is 78.9 Å². The van der Waals surface area contributed by atoms with Gasteiger partial charge in [0, 0.05) is 19.2 Å². The van der Waals surface area contributed by atoms with Crippen LogP contribution in [0.1, 0.15) is 11.4 Å². The average Bonchev–Trinajstić information content (AvgIpc) is 2.55. The SMILES string of the molecule is Cc1cc(Oc2cc(C(F)(F)F)nc(N)n2)n(C)n1. The minimum atomic E-state index is -4.61. The van der Waals surface area contributed by atoms with Gasteiger partial charge in [-0.25, -0.2) is 9.67 Å². The van der Waals surface area contributed by atoms with E-state index in [0.29, 0.717) is 11.8 Å². The van der Waals surface area contributed by atoms with Gasteiger partial charge in [0.25, 0.3) is 0 Å². The van der Waals surface area contributed by atoms with Crippen LogP contribution >= 0.6 is 0 Å². The van der Waals surface area contributed by atoms with Crippen molar-refractivity contribution in [2.24, 2.45) is 7.05 Å². The number of ether oxygens (including phenoxy) is 1. The van der Waals surface area contributed by atoms with Gasteiger partial charge in [0.15, 0.2) is 5.69 Å². The lowest BCUT2D eigenvalue weighted by Gasteiger charge is -2.09. The Hall–Kier alpha value is -2.32. The standard InChI is InChI=1S/C10H10F3N5O/c1-5-3-8(18(2)17-5)19-7-4-6(10(11,12)13)15-9(14)16-7/h3-4H,1-2H3,(H2,14,15,16). The number of halogens is 3. The Balaban J connectivity index is 2.35. The molecule has 0 aromatic carbocycles. The summed E-state index contributed by atoms with van der Waals surface area (Å²) in [7, 11) is 1.59. The van der Waals surface area contributed by atoms with Crippen LogP contribution in [-0.2, 0) is 13.2 Å². The second-order valence-corrected chi connectivity index (χ2v) is 3.80. The van der Waals surface area contributed by atoms with Gasteiger partial charge in [-0.3, -0.25) is 0 Å². The smallest absolute Gasteiger partial charge is 0.421 e. The van der Waals surface area contributed by atoms with Gasteiger partial charge in [0.05, 0.1) is 5.69 Å². The highest BCUT2D eigenvalue weighted by atomic mass is 19.4. The summed E-state index contributed by atoms with van der Waals surface area (Å²) in [5.41, 5.74) is 4.73. The molecule has 9 heteroatoms. The first-order valence-electron chi connectivity index (χ1n) is 5.16. The van der Waals surface area contributed by atoms with Crippen molar-refractivity contribution in [3.05, 3.63) is 23.5 Å². The molecule has 0 atom stereocenters. The molecule has 19 heavy (non-hydrogen) atoms. The predicted molar refractivity (Wildman–Crippen MR) is 59.5 cm³/mol. The molecule has 6 nitrogen and oxygen atoms in total. The van der Waals surface area contributed by atoms with E-state index in [2.05, 4.69) is 15.1 Å². The van der Waals surface area contributed by atoms with Gasteiger partial charge in [-0.1, -0.05) is 0 Å². The lowest BCUT2D eigenvalue weighted by atomic mass is 10.4. The summed E-state index contributed by atoms with van der Waals surface area (Å²) in [6, 6.07) is 2.24. The summed E-state index contributed by atoms with van der Waals surface area (Å²) in [4.78, 5) is 6.71. The van der Waals surface area contributed by atoms with E-state index >= 15 is 0 Å². The molecule has 2 heterocycles. The monoisotopic (exact) mass is 273 g/mol. The number of alkyl halides is 3. The van der Waals surface area contributed by atoms with Crippen molar-refractivity contribution in [1.82, 2.24) is 19.7 Å². The van der Waals surface area contributed by atoms with Crippen LogP contribution < -0.4 is 10.5 Å². The van der Waals surface area contributed by atoms with Crippen molar-refractivity contribution in [2.45, 2.75) is 13.1 Å². The van der Waals surface area contributed by atoms with Gasteiger partial charge in [-0.2, -0.15) is 23.3 Å². The van der Waals surface area contributed by atoms with E-state index in [1.807, 2.05) is 0 Å². The highest BCUT2D eigenvalue weighted by molar-refractivity contribution is 5.30. The van der Waals surface area contributed by atoms with Crippen molar-refractivity contribution in [1.29, 1.82) is 0 Å². The summed E-state index contributed by atoms with van der Waals surface area (Å²) in [6.07, 6.45) is -4.61. The molecule has 0 aliphatic heterocycles. The van der Waals surface area contributed by atoms with Crippen molar-refractivity contribution in [3.8, 4) is 11.8 Å². The number of nitrogens with zero attached hydrogens (tertiary/aromatic N) is 4. The van der Waals surface area contributed by atoms with E-state index in [1.54, 1.807) is 20.0 Å². The number of hydrogen-bond acceptors (Lipinski definition) is 5. The summed E-state index contributed by atoms with van der Waals surface area (Å²) in [5, 5.41) is 4.00. The third kappa shape index (κ3) is 2.92. The van der Waals surface area contributed by atoms with Crippen LogP contribution in [-0.4, -0.2) is 19.7 Å². The Bertz CT molecular complexity index is 608. The molecular weight excluding hydrogens is 263 g/mol. The van der Waals surface area contributed by atoms with Crippen molar-refractivity contribution >= 4 is 5.95 Å². The van der Waals surface area contributed by atoms with Gasteiger partial charge in [0.2, 0.25) is 17.7 Å². The first kappa shape index (κ1) is 13.1. The third-order valence-corrected chi connectivity index (χ3v) is 2.18. The van der Waals surface area contributed by atoms with E-state index in [1.165, 1.54) is 4.68 Å². The average molecular weight is 273 g/mol. The molecule has 2 N–H and O–H groups in total. The van der Waals surface area contributed by atoms with Crippen molar-refractivity contribution in [2.75, 3.05) is 5.73 Å². The Labute approximate surface area is 106 Å². The minimum absolute atomic E-state index is 0.253. The zero-order valence-electron chi connectivity index (χ0n) is 10.1. The molecule has 0 amide bonds. The highest BCUT2D eigenvalue weighted by Crippen LogP contribution is 2.31. The fraction of sp³-hybridized carbons (Fsp3) is 0.300. The minimum Gasteiger partial charge on any atom is -0.421 e. The van der Waals surface area contributed by atoms with E-state index < -0.39 is 17.8 Å². The van der Waals surface area contributed by atoms with Gasteiger partial charge < -0.3 is 10.5 Å². The first-order valence-corrected chi connectivity index (χ1v) is 5.16. The quantitative estimate of drug-likeness (QED) is 0.904. The Morgan fingerprint density at radius 2 is 1.95 bits per heavy atom. The lowest BCUT2D eigenvalue weighted by Crippen LogP contribution is -2.11. The number of aromatic nitrogens is 4. The number of nitrogens with two attached hydrogens (primary N) is 1. The Morgan fingerprint density at radius 1 is 1.26 bits per heavy atom. The predicted octanol–water partition coefficient (Wildman–Crippen LogP) is 1.91. The van der Waals surface area contributed by atoms with Gasteiger partial charge in [-0.05, 0) is 6.92 Å². The fourth-order valence-electron chi connectivity index (χ4n) is 1.43. The summed E-state index contributed by atoms with van der Waals surface area (Å²) >= 11 is 0. The van der Waals surface area contributed by atoms with E-state index in [4.69, 9.17) is 10.5 Å². The van der Waals surface area contributed by atoms with Crippen LogP contribution in [0.5, 0.6) is 11.8 Å². The summed E-state index contributed by atoms with van der Waals surface area (Å²) < 4.78 is 44.2.